The summed E-state index contributed by atoms with van der Waals surface area (Å²) in [4.78, 5) is 24.8. The van der Waals surface area contributed by atoms with E-state index in [-0.39, 0.29) is 34.7 Å². The van der Waals surface area contributed by atoms with Gasteiger partial charge in [0, 0.05) is 11.9 Å². The van der Waals surface area contributed by atoms with Gasteiger partial charge in [-0.2, -0.15) is 0 Å². The minimum absolute atomic E-state index is 0.0242. The fourth-order valence-electron chi connectivity index (χ4n) is 3.62. The molecule has 2 aromatic carbocycles. The number of halogens is 1. The van der Waals surface area contributed by atoms with Crippen molar-refractivity contribution in [2.75, 3.05) is 25.4 Å². The number of hydrogen-bond acceptors (Lipinski definition) is 7. The Morgan fingerprint density at radius 3 is 2.62 bits per heavy atom. The van der Waals surface area contributed by atoms with E-state index in [9.17, 15) is 4.79 Å². The molecule has 8 nitrogen and oxygen atoms in total. The molecule has 0 amide bonds. The van der Waals surface area contributed by atoms with Crippen LogP contribution in [-0.4, -0.2) is 41.3 Å². The molecule has 6 N–H and O–H groups in total. The summed E-state index contributed by atoms with van der Waals surface area (Å²) in [6, 6.07) is 12.4. The maximum atomic E-state index is 12.4. The topological polar surface area (TPSA) is 142 Å². The first-order chi connectivity index (χ1) is 16.4. The normalized spacial score (nSPS) is 11.7. The van der Waals surface area contributed by atoms with Gasteiger partial charge in [0.15, 0.2) is 22.4 Å². The number of benzene rings is 2. The number of hydrogen-bond donors (Lipinski definition) is 3. The largest absolute Gasteiger partial charge is 0.493 e. The molecule has 3 rings (SSSR count). The molecule has 0 aliphatic rings. The van der Waals surface area contributed by atoms with Crippen LogP contribution in [-0.2, 0) is 6.42 Å². The van der Waals surface area contributed by atoms with Crippen LogP contribution in [0.15, 0.2) is 41.4 Å². The molecule has 9 heteroatoms. The number of carbonyl (C=O) groups excluding carboxylic acids is 1. The zero-order valence-corrected chi connectivity index (χ0v) is 20.1. The van der Waals surface area contributed by atoms with Gasteiger partial charge in [0.25, 0.3) is 0 Å². The summed E-state index contributed by atoms with van der Waals surface area (Å²) in [5.74, 6) is 0.818. The number of aromatic nitrogens is 2. The average Bonchev–Trinajstić information content (AvgIpc) is 2.82. The fourth-order valence-corrected chi connectivity index (χ4v) is 3.75. The van der Waals surface area contributed by atoms with E-state index in [1.54, 1.807) is 6.92 Å². The molecular formula is C25H31ClN6O2. The number of aliphatic imine (C=N–C) groups is 1. The average molecular weight is 483 g/mol. The van der Waals surface area contributed by atoms with E-state index in [2.05, 4.69) is 33.2 Å². The van der Waals surface area contributed by atoms with Gasteiger partial charge in [-0.05, 0) is 56.2 Å². The Kier molecular flexibility index (Phi) is 9.18. The predicted octanol–water partition coefficient (Wildman–Crippen LogP) is 3.85. The van der Waals surface area contributed by atoms with Crippen molar-refractivity contribution in [1.29, 1.82) is 0 Å². The van der Waals surface area contributed by atoms with Crippen molar-refractivity contribution in [3.05, 3.63) is 58.5 Å². The SMILES string of the molecule is Cc1nc(N)c(C(=O)CC(N)=NCCCCc2ccc(OCCCN)c3ccccc23)nc1Cl. The third-order valence-corrected chi connectivity index (χ3v) is 5.75. The molecule has 0 aliphatic carbocycles. The number of nitrogen functional groups attached to an aromatic ring is 1. The van der Waals surface area contributed by atoms with Crippen LogP contribution in [0.25, 0.3) is 10.8 Å². The second-order valence-corrected chi connectivity index (χ2v) is 8.38. The quantitative estimate of drug-likeness (QED) is 0.154. The number of Topliss-reactive ketones (excluding diaryl/α,β-unsaturated/α-hetero) is 1. The van der Waals surface area contributed by atoms with Crippen LogP contribution < -0.4 is 21.9 Å². The Balaban J connectivity index is 1.53. The summed E-state index contributed by atoms with van der Waals surface area (Å²) in [7, 11) is 0. The van der Waals surface area contributed by atoms with Crippen molar-refractivity contribution in [2.24, 2.45) is 16.5 Å². The second-order valence-electron chi connectivity index (χ2n) is 8.02. The Morgan fingerprint density at radius 1 is 1.09 bits per heavy atom. The molecule has 0 aliphatic heterocycles. The van der Waals surface area contributed by atoms with Crippen LogP contribution >= 0.6 is 11.6 Å². The lowest BCUT2D eigenvalue weighted by Crippen LogP contribution is -2.20. The summed E-state index contributed by atoms with van der Waals surface area (Å²) < 4.78 is 5.90. The summed E-state index contributed by atoms with van der Waals surface area (Å²) in [5.41, 5.74) is 19.1. The minimum Gasteiger partial charge on any atom is -0.493 e. The summed E-state index contributed by atoms with van der Waals surface area (Å²) in [6.07, 6.45) is 3.44. The molecule has 180 valence electrons. The molecule has 0 bridgehead atoms. The smallest absolute Gasteiger partial charge is 0.192 e. The molecule has 1 heterocycles. The van der Waals surface area contributed by atoms with Crippen LogP contribution in [0.4, 0.5) is 5.82 Å². The standard InChI is InChI=1S/C25H31ClN6O2/c1-16-24(26)32-23(25(29)31-16)20(33)15-22(28)30-13-5-4-7-17-10-11-21(34-14-6-12-27)19-9-3-2-8-18(17)19/h2-3,8-11H,4-7,12-15,27H2,1H3,(H2,28,30)(H2,29,31). The van der Waals surface area contributed by atoms with Gasteiger partial charge in [0.1, 0.15) is 11.6 Å². The van der Waals surface area contributed by atoms with Crippen molar-refractivity contribution in [3.8, 4) is 5.75 Å². The first kappa shape index (κ1) is 25.4. The molecule has 0 fully saturated rings. The third kappa shape index (κ3) is 6.65. The molecule has 0 saturated heterocycles. The molecule has 34 heavy (non-hydrogen) atoms. The van der Waals surface area contributed by atoms with Gasteiger partial charge in [-0.3, -0.25) is 9.79 Å². The number of fused-ring (bicyclic) bond motifs is 1. The number of ether oxygens (including phenoxy) is 1. The lowest BCUT2D eigenvalue weighted by molar-refractivity contribution is 0.0996. The van der Waals surface area contributed by atoms with Crippen molar-refractivity contribution in [1.82, 2.24) is 9.97 Å². The maximum absolute atomic E-state index is 12.4. The van der Waals surface area contributed by atoms with Gasteiger partial charge >= 0.3 is 0 Å². The highest BCUT2D eigenvalue weighted by Crippen LogP contribution is 2.29. The third-order valence-electron chi connectivity index (χ3n) is 5.39. The minimum atomic E-state index is -0.353. The number of carbonyl (C=O) groups is 1. The number of ketones is 1. The number of unbranched alkanes of at least 4 members (excludes halogenated alkanes) is 1. The van der Waals surface area contributed by atoms with Gasteiger partial charge in [0.05, 0.1) is 18.7 Å². The van der Waals surface area contributed by atoms with Crippen LogP contribution in [0.5, 0.6) is 5.75 Å². The van der Waals surface area contributed by atoms with E-state index >= 15 is 0 Å². The van der Waals surface area contributed by atoms with Crippen molar-refractivity contribution in [2.45, 2.75) is 39.0 Å². The highest BCUT2D eigenvalue weighted by molar-refractivity contribution is 6.30. The van der Waals surface area contributed by atoms with Crippen molar-refractivity contribution < 1.29 is 9.53 Å². The first-order valence-electron chi connectivity index (χ1n) is 11.4. The zero-order valence-electron chi connectivity index (χ0n) is 19.4. The van der Waals surface area contributed by atoms with Gasteiger partial charge in [-0.1, -0.05) is 41.9 Å². The van der Waals surface area contributed by atoms with Gasteiger partial charge in [0.2, 0.25) is 0 Å². The van der Waals surface area contributed by atoms with Crippen LogP contribution in [0, 0.1) is 6.92 Å². The van der Waals surface area contributed by atoms with Crippen LogP contribution in [0.3, 0.4) is 0 Å². The summed E-state index contributed by atoms with van der Waals surface area (Å²) in [5, 5.41) is 2.45. The highest BCUT2D eigenvalue weighted by Gasteiger charge is 2.16. The monoisotopic (exact) mass is 482 g/mol. The number of rotatable bonds is 12. The Hall–Kier alpha value is -3.23. The van der Waals surface area contributed by atoms with Gasteiger partial charge in [-0.25, -0.2) is 9.97 Å². The van der Waals surface area contributed by atoms with E-state index in [0.717, 1.165) is 36.8 Å². The molecule has 3 aromatic rings. The Bertz CT molecular complexity index is 1180. The lowest BCUT2D eigenvalue weighted by Gasteiger charge is -2.12. The number of nitrogens with zero attached hydrogens (tertiary/aromatic N) is 3. The number of nitrogens with two attached hydrogens (primary N) is 3. The molecular weight excluding hydrogens is 452 g/mol. The highest BCUT2D eigenvalue weighted by atomic mass is 35.5. The Labute approximate surface area is 204 Å². The number of aryl methyl sites for hydroxylation is 2. The molecule has 1 aromatic heterocycles. The lowest BCUT2D eigenvalue weighted by atomic mass is 9.99. The van der Waals surface area contributed by atoms with E-state index in [1.165, 1.54) is 10.9 Å². The van der Waals surface area contributed by atoms with E-state index in [1.807, 2.05) is 18.2 Å². The first-order valence-corrected chi connectivity index (χ1v) is 11.7. The predicted molar refractivity (Wildman–Crippen MR) is 138 cm³/mol. The summed E-state index contributed by atoms with van der Waals surface area (Å²) >= 11 is 5.95. The second kappa shape index (κ2) is 12.3. The van der Waals surface area contributed by atoms with Gasteiger partial charge in [-0.15, -0.1) is 0 Å². The Morgan fingerprint density at radius 2 is 1.85 bits per heavy atom. The molecule has 0 saturated carbocycles. The molecule has 0 spiro atoms. The van der Waals surface area contributed by atoms with Crippen LogP contribution in [0.2, 0.25) is 5.15 Å². The molecule has 0 radical (unpaired) electrons. The maximum Gasteiger partial charge on any atom is 0.192 e. The van der Waals surface area contributed by atoms with Crippen molar-refractivity contribution in [3.63, 3.8) is 0 Å². The summed E-state index contributed by atoms with van der Waals surface area (Å²) in [6.45, 7) is 3.43. The fraction of sp³-hybridized carbons (Fsp3) is 0.360. The van der Waals surface area contributed by atoms with E-state index in [0.29, 0.717) is 25.4 Å². The number of anilines is 1. The van der Waals surface area contributed by atoms with Crippen molar-refractivity contribution >= 4 is 39.8 Å². The van der Waals surface area contributed by atoms with Crippen LogP contribution in [0.1, 0.15) is 47.4 Å². The van der Waals surface area contributed by atoms with E-state index in [4.69, 9.17) is 33.5 Å². The van der Waals surface area contributed by atoms with E-state index < -0.39 is 0 Å². The molecule has 0 atom stereocenters. The number of amidine groups is 1. The molecule has 0 unspecified atom stereocenters. The van der Waals surface area contributed by atoms with Gasteiger partial charge < -0.3 is 21.9 Å². The zero-order chi connectivity index (χ0) is 24.5.